The lowest BCUT2D eigenvalue weighted by Gasteiger charge is -2.27. The van der Waals surface area contributed by atoms with E-state index in [1.54, 1.807) is 7.11 Å². The average molecular weight is 273 g/mol. The Morgan fingerprint density at radius 3 is 2.67 bits per heavy atom. The normalized spacial score (nSPS) is 10.7. The highest BCUT2D eigenvalue weighted by Crippen LogP contribution is 2.16. The Balaban J connectivity index is 2.74. The molecule has 0 amide bonds. The summed E-state index contributed by atoms with van der Waals surface area (Å²) in [5.74, 6) is 0.991. The summed E-state index contributed by atoms with van der Waals surface area (Å²) in [6.07, 6.45) is 1.82. The standard InChI is InChI=1S/C11H17BrN2O/c1-9(2)14(6-7-15-3)11-5-4-10(12)8-13-11/h4-5,8-9H,6-7H2,1-3H3. The van der Waals surface area contributed by atoms with E-state index in [-0.39, 0.29) is 0 Å². The first-order valence-electron chi connectivity index (χ1n) is 5.02. The maximum absolute atomic E-state index is 5.09. The van der Waals surface area contributed by atoms with E-state index in [0.29, 0.717) is 6.04 Å². The Kier molecular flexibility index (Phi) is 5.05. The highest BCUT2D eigenvalue weighted by atomic mass is 79.9. The first kappa shape index (κ1) is 12.5. The van der Waals surface area contributed by atoms with Gasteiger partial charge in [-0.1, -0.05) is 0 Å². The van der Waals surface area contributed by atoms with Crippen LogP contribution in [0.15, 0.2) is 22.8 Å². The van der Waals surface area contributed by atoms with Crippen LogP contribution in [0.5, 0.6) is 0 Å². The Morgan fingerprint density at radius 1 is 1.47 bits per heavy atom. The van der Waals surface area contributed by atoms with Crippen molar-refractivity contribution in [3.8, 4) is 0 Å². The summed E-state index contributed by atoms with van der Waals surface area (Å²) in [6.45, 7) is 5.89. The average Bonchev–Trinajstić information content (AvgIpc) is 2.21. The van der Waals surface area contributed by atoms with Gasteiger partial charge in [-0.05, 0) is 41.9 Å². The molecule has 1 heterocycles. The molecule has 0 aliphatic carbocycles. The zero-order valence-electron chi connectivity index (χ0n) is 9.40. The van der Waals surface area contributed by atoms with E-state index in [0.717, 1.165) is 23.4 Å². The van der Waals surface area contributed by atoms with Crippen molar-refractivity contribution in [3.05, 3.63) is 22.8 Å². The Morgan fingerprint density at radius 2 is 2.20 bits per heavy atom. The molecule has 0 spiro atoms. The molecule has 0 aliphatic heterocycles. The zero-order valence-corrected chi connectivity index (χ0v) is 11.0. The SMILES string of the molecule is COCCN(c1ccc(Br)cn1)C(C)C. The summed E-state index contributed by atoms with van der Waals surface area (Å²) < 4.78 is 6.09. The summed E-state index contributed by atoms with van der Waals surface area (Å²) in [5, 5.41) is 0. The molecule has 0 radical (unpaired) electrons. The molecule has 0 aromatic carbocycles. The molecule has 0 aliphatic rings. The summed E-state index contributed by atoms with van der Waals surface area (Å²) in [4.78, 5) is 6.59. The topological polar surface area (TPSA) is 25.4 Å². The van der Waals surface area contributed by atoms with Gasteiger partial charge in [-0.3, -0.25) is 0 Å². The van der Waals surface area contributed by atoms with Crippen molar-refractivity contribution in [1.82, 2.24) is 4.98 Å². The van der Waals surface area contributed by atoms with Crippen LogP contribution in [-0.2, 0) is 4.74 Å². The van der Waals surface area contributed by atoms with E-state index in [1.807, 2.05) is 18.3 Å². The predicted molar refractivity (Wildman–Crippen MR) is 66.3 cm³/mol. The molecule has 0 bridgehead atoms. The summed E-state index contributed by atoms with van der Waals surface area (Å²) in [6, 6.07) is 4.44. The van der Waals surface area contributed by atoms with Crippen molar-refractivity contribution < 1.29 is 4.74 Å². The van der Waals surface area contributed by atoms with Crippen molar-refractivity contribution >= 4 is 21.7 Å². The number of hydrogen-bond acceptors (Lipinski definition) is 3. The Hall–Kier alpha value is -0.610. The van der Waals surface area contributed by atoms with Gasteiger partial charge in [0, 0.05) is 30.4 Å². The van der Waals surface area contributed by atoms with Crippen LogP contribution in [0.2, 0.25) is 0 Å². The molecule has 0 atom stereocenters. The van der Waals surface area contributed by atoms with Crippen molar-refractivity contribution in [2.24, 2.45) is 0 Å². The number of halogens is 1. The molecule has 3 nitrogen and oxygen atoms in total. The van der Waals surface area contributed by atoms with Crippen LogP contribution in [0.3, 0.4) is 0 Å². The molecule has 0 saturated carbocycles. The lowest BCUT2D eigenvalue weighted by Crippen LogP contribution is -2.34. The first-order chi connectivity index (χ1) is 7.15. The van der Waals surface area contributed by atoms with E-state index < -0.39 is 0 Å². The van der Waals surface area contributed by atoms with Crippen LogP contribution in [0.4, 0.5) is 5.82 Å². The fourth-order valence-electron chi connectivity index (χ4n) is 1.36. The van der Waals surface area contributed by atoms with Gasteiger partial charge in [0.15, 0.2) is 0 Å². The number of nitrogens with zero attached hydrogens (tertiary/aromatic N) is 2. The fraction of sp³-hybridized carbons (Fsp3) is 0.545. The number of pyridine rings is 1. The third-order valence-electron chi connectivity index (χ3n) is 2.17. The molecule has 4 heteroatoms. The van der Waals surface area contributed by atoms with Crippen molar-refractivity contribution in [1.29, 1.82) is 0 Å². The van der Waals surface area contributed by atoms with Gasteiger partial charge in [-0.2, -0.15) is 0 Å². The van der Waals surface area contributed by atoms with Gasteiger partial charge >= 0.3 is 0 Å². The summed E-state index contributed by atoms with van der Waals surface area (Å²) in [5.41, 5.74) is 0. The van der Waals surface area contributed by atoms with Gasteiger partial charge in [-0.15, -0.1) is 0 Å². The lowest BCUT2D eigenvalue weighted by molar-refractivity contribution is 0.203. The van der Waals surface area contributed by atoms with E-state index in [4.69, 9.17) is 4.74 Å². The van der Waals surface area contributed by atoms with E-state index in [1.165, 1.54) is 0 Å². The minimum Gasteiger partial charge on any atom is -0.383 e. The number of hydrogen-bond donors (Lipinski definition) is 0. The van der Waals surface area contributed by atoms with Crippen LogP contribution in [0, 0.1) is 0 Å². The smallest absolute Gasteiger partial charge is 0.128 e. The molecule has 15 heavy (non-hydrogen) atoms. The third kappa shape index (κ3) is 3.80. The monoisotopic (exact) mass is 272 g/mol. The highest BCUT2D eigenvalue weighted by molar-refractivity contribution is 9.10. The Bertz CT molecular complexity index is 287. The van der Waals surface area contributed by atoms with Gasteiger partial charge in [-0.25, -0.2) is 4.98 Å². The number of anilines is 1. The van der Waals surface area contributed by atoms with Crippen LogP contribution in [-0.4, -0.2) is 31.3 Å². The molecule has 0 N–H and O–H groups in total. The minimum absolute atomic E-state index is 0.425. The number of methoxy groups -OCH3 is 1. The lowest BCUT2D eigenvalue weighted by atomic mass is 10.3. The van der Waals surface area contributed by atoms with Crippen molar-refractivity contribution in [2.75, 3.05) is 25.2 Å². The van der Waals surface area contributed by atoms with Gasteiger partial charge in [0.1, 0.15) is 5.82 Å². The molecule has 1 rings (SSSR count). The van der Waals surface area contributed by atoms with Crippen LogP contribution >= 0.6 is 15.9 Å². The molecular weight excluding hydrogens is 256 g/mol. The second kappa shape index (κ2) is 6.08. The van der Waals surface area contributed by atoms with Crippen LogP contribution < -0.4 is 4.90 Å². The molecule has 1 aromatic rings. The second-order valence-corrected chi connectivity index (χ2v) is 4.53. The van der Waals surface area contributed by atoms with Gasteiger partial charge in [0.2, 0.25) is 0 Å². The largest absolute Gasteiger partial charge is 0.383 e. The van der Waals surface area contributed by atoms with Gasteiger partial charge in [0.25, 0.3) is 0 Å². The second-order valence-electron chi connectivity index (χ2n) is 3.61. The maximum atomic E-state index is 5.09. The highest BCUT2D eigenvalue weighted by Gasteiger charge is 2.10. The van der Waals surface area contributed by atoms with E-state index in [2.05, 4.69) is 39.7 Å². The predicted octanol–water partition coefficient (Wildman–Crippen LogP) is 2.71. The van der Waals surface area contributed by atoms with Crippen LogP contribution in [0.1, 0.15) is 13.8 Å². The molecule has 0 saturated heterocycles. The van der Waals surface area contributed by atoms with Crippen molar-refractivity contribution in [3.63, 3.8) is 0 Å². The van der Waals surface area contributed by atoms with Gasteiger partial charge in [0.05, 0.1) is 6.61 Å². The van der Waals surface area contributed by atoms with Gasteiger partial charge < -0.3 is 9.64 Å². The third-order valence-corrected chi connectivity index (χ3v) is 2.63. The first-order valence-corrected chi connectivity index (χ1v) is 5.81. The molecule has 0 fully saturated rings. The van der Waals surface area contributed by atoms with Crippen molar-refractivity contribution in [2.45, 2.75) is 19.9 Å². The maximum Gasteiger partial charge on any atom is 0.128 e. The quantitative estimate of drug-likeness (QED) is 0.824. The minimum atomic E-state index is 0.425. The number of aromatic nitrogens is 1. The fourth-order valence-corrected chi connectivity index (χ4v) is 1.60. The van der Waals surface area contributed by atoms with Crippen LogP contribution in [0.25, 0.3) is 0 Å². The summed E-state index contributed by atoms with van der Waals surface area (Å²) in [7, 11) is 1.72. The van der Waals surface area contributed by atoms with E-state index in [9.17, 15) is 0 Å². The molecule has 84 valence electrons. The molecule has 0 unspecified atom stereocenters. The molecular formula is C11H17BrN2O. The number of ether oxygens (including phenoxy) is 1. The summed E-state index contributed by atoms with van der Waals surface area (Å²) >= 11 is 3.38. The zero-order chi connectivity index (χ0) is 11.3. The number of rotatable bonds is 5. The molecule has 1 aromatic heterocycles. The Labute approximate surface area is 99.6 Å². The van der Waals surface area contributed by atoms with E-state index >= 15 is 0 Å².